The Morgan fingerprint density at radius 1 is 1.17 bits per heavy atom. The van der Waals surface area contributed by atoms with E-state index in [1.807, 2.05) is 6.07 Å². The number of nitriles is 1. The minimum atomic E-state index is -1.78. The summed E-state index contributed by atoms with van der Waals surface area (Å²) >= 11 is 5.89. The number of nitrogens with one attached hydrogen (secondary N) is 1. The molecule has 0 spiro atoms. The van der Waals surface area contributed by atoms with Crippen LogP contribution in [-0.2, 0) is 25.4 Å². The van der Waals surface area contributed by atoms with Gasteiger partial charge in [0.1, 0.15) is 58.8 Å². The number of benzene rings is 2. The zero-order chi connectivity index (χ0) is 34.6. The topological polar surface area (TPSA) is 150 Å². The summed E-state index contributed by atoms with van der Waals surface area (Å²) in [7, 11) is 0. The number of esters is 1. The molecule has 0 fully saturated rings. The van der Waals surface area contributed by atoms with E-state index in [0.717, 1.165) is 17.4 Å². The Morgan fingerprint density at radius 2 is 1.85 bits per heavy atom. The molecule has 1 aliphatic rings. The molecule has 4 aromatic rings. The number of halogens is 3. The van der Waals surface area contributed by atoms with Gasteiger partial charge in [0.15, 0.2) is 11.6 Å². The van der Waals surface area contributed by atoms with Gasteiger partial charge in [0.05, 0.1) is 27.2 Å². The van der Waals surface area contributed by atoms with E-state index in [9.17, 15) is 19.4 Å². The number of carbonyl (C=O) groups excluding carboxylic acids is 2. The third kappa shape index (κ3) is 6.87. The average Bonchev–Trinajstić information content (AvgIpc) is 3.21. The molecule has 0 saturated carbocycles. The number of thiophene rings is 1. The van der Waals surface area contributed by atoms with E-state index in [1.54, 1.807) is 41.5 Å². The maximum Gasteiger partial charge on any atom is 0.412 e. The third-order valence-electron chi connectivity index (χ3n) is 6.63. The highest BCUT2D eigenvalue weighted by molar-refractivity contribution is 7.90. The predicted octanol–water partition coefficient (Wildman–Crippen LogP) is 6.94. The molecule has 0 bridgehead atoms. The highest BCUT2D eigenvalue weighted by Crippen LogP contribution is 2.50. The van der Waals surface area contributed by atoms with Crippen LogP contribution in [-0.4, -0.2) is 63.7 Å². The standard InChI is InChI=1S/C31H30ClF2N5O6S2/c1-30(2,3)44-17(40)13-39-10-11-43-24-20-23(36-28(47(7)42)37-26(20)39)22(34)19(21(24)32)14-8-9-16(33)25-18(14)15(12-35)27(46-25)38-29(41)45-31(4,5)6/h8-9H,10-11,13H2,1-7H3,(H,38,41). The van der Waals surface area contributed by atoms with Gasteiger partial charge in [-0.3, -0.25) is 10.1 Å². The van der Waals surface area contributed by atoms with Crippen LogP contribution in [0.5, 0.6) is 5.75 Å². The molecule has 2 aromatic heterocycles. The third-order valence-corrected chi connectivity index (χ3v) is 8.80. The zero-order valence-electron chi connectivity index (χ0n) is 26.5. The number of hydrogen-bond acceptors (Lipinski definition) is 11. The number of ether oxygens (including phenoxy) is 3. The Kier molecular flexibility index (Phi) is 9.19. The molecular formula is C31H30ClF2N5O6S2. The first-order valence-electron chi connectivity index (χ1n) is 14.2. The van der Waals surface area contributed by atoms with Gasteiger partial charge >= 0.3 is 17.2 Å². The number of hydrogen-bond donors (Lipinski definition) is 1. The summed E-state index contributed by atoms with van der Waals surface area (Å²) in [6.07, 6.45) is 0.453. The molecule has 0 radical (unpaired) electrons. The van der Waals surface area contributed by atoms with Gasteiger partial charge in [0.2, 0.25) is 0 Å². The smallest absolute Gasteiger partial charge is 0.412 e. The van der Waals surface area contributed by atoms with Crippen molar-refractivity contribution in [2.75, 3.05) is 36.2 Å². The van der Waals surface area contributed by atoms with E-state index in [2.05, 4.69) is 15.3 Å². The van der Waals surface area contributed by atoms with Crippen molar-refractivity contribution in [1.29, 1.82) is 5.26 Å². The first-order chi connectivity index (χ1) is 21.9. The van der Waals surface area contributed by atoms with Gasteiger partial charge in [0.25, 0.3) is 0 Å². The maximum atomic E-state index is 16.9. The second-order valence-corrected chi connectivity index (χ2v) is 15.2. The van der Waals surface area contributed by atoms with Crippen LogP contribution in [0.1, 0.15) is 47.1 Å². The number of carbonyl (C=O) groups is 2. The lowest BCUT2D eigenvalue weighted by atomic mass is 9.96. The summed E-state index contributed by atoms with van der Waals surface area (Å²) < 4.78 is 61.5. The van der Waals surface area contributed by atoms with Crippen LogP contribution in [0, 0.1) is 23.0 Å². The molecule has 1 unspecified atom stereocenters. The highest BCUT2D eigenvalue weighted by Gasteiger charge is 2.34. The summed E-state index contributed by atoms with van der Waals surface area (Å²) in [4.78, 5) is 35.6. The quantitative estimate of drug-likeness (QED) is 0.131. The molecule has 16 heteroatoms. The van der Waals surface area contributed by atoms with Gasteiger partial charge in [-0.15, -0.1) is 11.3 Å². The summed E-state index contributed by atoms with van der Waals surface area (Å²) in [5.74, 6) is -2.25. The number of rotatable bonds is 5. The average molecular weight is 706 g/mol. The van der Waals surface area contributed by atoms with Gasteiger partial charge in [-0.05, 0) is 53.2 Å². The summed E-state index contributed by atoms with van der Waals surface area (Å²) in [5.41, 5.74) is -2.33. The van der Waals surface area contributed by atoms with Crippen LogP contribution in [0.4, 0.5) is 24.4 Å². The minimum Gasteiger partial charge on any atom is -0.609 e. The van der Waals surface area contributed by atoms with E-state index in [4.69, 9.17) is 25.8 Å². The Bertz CT molecular complexity index is 1980. The van der Waals surface area contributed by atoms with Crippen molar-refractivity contribution in [3.8, 4) is 22.9 Å². The second kappa shape index (κ2) is 12.6. The monoisotopic (exact) mass is 705 g/mol. The van der Waals surface area contributed by atoms with Gasteiger partial charge in [-0.25, -0.2) is 13.6 Å². The van der Waals surface area contributed by atoms with Crippen LogP contribution in [0.25, 0.3) is 32.1 Å². The summed E-state index contributed by atoms with van der Waals surface area (Å²) in [5, 5.41) is 12.2. The number of nitrogens with zero attached hydrogens (tertiary/aromatic N) is 4. The molecule has 1 atom stereocenters. The summed E-state index contributed by atoms with van der Waals surface area (Å²) in [6, 6.07) is 4.33. The Hall–Kier alpha value is -3.97. The fraction of sp³-hybridized carbons (Fsp3) is 0.387. The van der Waals surface area contributed by atoms with Crippen molar-refractivity contribution in [2.45, 2.75) is 57.9 Å². The van der Waals surface area contributed by atoms with Crippen LogP contribution in [0.2, 0.25) is 5.02 Å². The molecule has 1 amide bonds. The van der Waals surface area contributed by atoms with E-state index in [1.165, 1.54) is 17.2 Å². The van der Waals surface area contributed by atoms with Crippen molar-refractivity contribution in [3.05, 3.63) is 34.4 Å². The second-order valence-electron chi connectivity index (χ2n) is 12.5. The predicted molar refractivity (Wildman–Crippen MR) is 176 cm³/mol. The molecule has 1 N–H and O–H groups in total. The molecule has 47 heavy (non-hydrogen) atoms. The number of aromatic nitrogens is 2. The van der Waals surface area contributed by atoms with Crippen molar-refractivity contribution in [2.24, 2.45) is 0 Å². The fourth-order valence-electron chi connectivity index (χ4n) is 4.98. The van der Waals surface area contributed by atoms with Crippen molar-refractivity contribution in [3.63, 3.8) is 0 Å². The lowest BCUT2D eigenvalue weighted by molar-refractivity contribution is -0.153. The number of anilines is 2. The molecule has 11 nitrogen and oxygen atoms in total. The molecular weight excluding hydrogens is 676 g/mol. The minimum absolute atomic E-state index is 0.00958. The van der Waals surface area contributed by atoms with E-state index in [0.29, 0.717) is 0 Å². The fourth-order valence-corrected chi connectivity index (χ4v) is 6.82. The zero-order valence-corrected chi connectivity index (χ0v) is 28.9. The molecule has 5 rings (SSSR count). The van der Waals surface area contributed by atoms with Crippen LogP contribution in [0.3, 0.4) is 0 Å². The van der Waals surface area contributed by atoms with Gasteiger partial charge < -0.3 is 23.7 Å². The van der Waals surface area contributed by atoms with Gasteiger partial charge in [-0.2, -0.15) is 15.2 Å². The molecule has 2 aromatic carbocycles. The van der Waals surface area contributed by atoms with E-state index in [-0.39, 0.29) is 84.1 Å². The lowest BCUT2D eigenvalue weighted by Crippen LogP contribution is -2.37. The maximum absolute atomic E-state index is 16.9. The Balaban J connectivity index is 1.76. The number of fused-ring (bicyclic) bond motifs is 1. The van der Waals surface area contributed by atoms with E-state index < -0.39 is 46.1 Å². The molecule has 1 aliphatic heterocycles. The Morgan fingerprint density at radius 3 is 2.47 bits per heavy atom. The summed E-state index contributed by atoms with van der Waals surface area (Å²) in [6.45, 7) is 9.94. The van der Waals surface area contributed by atoms with Crippen molar-refractivity contribution < 1.29 is 37.1 Å². The first-order valence-corrected chi connectivity index (χ1v) is 17.0. The Labute approximate surface area is 280 Å². The van der Waals surface area contributed by atoms with Crippen LogP contribution in [0.15, 0.2) is 17.3 Å². The SMILES string of the molecule is C[S+]([O-])c1nc2c3c(c(Cl)c(-c4ccc(F)c5sc(NC(=O)OC(C)(C)C)c(C#N)c45)c(F)c3n1)OCCN2CC(=O)OC(C)(C)C. The van der Waals surface area contributed by atoms with Crippen LogP contribution >= 0.6 is 22.9 Å². The van der Waals surface area contributed by atoms with Gasteiger partial charge in [0, 0.05) is 22.1 Å². The van der Waals surface area contributed by atoms with Crippen LogP contribution < -0.4 is 15.0 Å². The molecule has 0 aliphatic carbocycles. The number of amides is 1. The van der Waals surface area contributed by atoms with Crippen molar-refractivity contribution >= 4 is 78.0 Å². The van der Waals surface area contributed by atoms with Gasteiger partial charge in [-0.1, -0.05) is 17.7 Å². The molecule has 3 heterocycles. The normalized spacial score (nSPS) is 14.0. The highest BCUT2D eigenvalue weighted by atomic mass is 35.5. The largest absolute Gasteiger partial charge is 0.609 e. The molecule has 0 saturated heterocycles. The first kappa shape index (κ1) is 34.4. The molecule has 248 valence electrons. The van der Waals surface area contributed by atoms with Crippen molar-refractivity contribution in [1.82, 2.24) is 9.97 Å². The lowest BCUT2D eigenvalue weighted by Gasteiger charge is -2.25. The van der Waals surface area contributed by atoms with E-state index >= 15 is 8.78 Å².